The fourth-order valence-electron chi connectivity index (χ4n) is 2.35. The second kappa shape index (κ2) is 6.71. The van der Waals surface area contributed by atoms with Crippen molar-refractivity contribution >= 4 is 0 Å². The predicted octanol–water partition coefficient (Wildman–Crippen LogP) is 3.98. The van der Waals surface area contributed by atoms with Gasteiger partial charge in [0.2, 0.25) is 0 Å². The summed E-state index contributed by atoms with van der Waals surface area (Å²) in [4.78, 5) is 0. The summed E-state index contributed by atoms with van der Waals surface area (Å²) in [6.45, 7) is 4.94. The number of hydrogen-bond acceptors (Lipinski definition) is 2. The molecule has 1 aliphatic rings. The molecule has 2 unspecified atom stereocenters. The molecule has 0 saturated carbocycles. The number of hydrogen-bond donors (Lipinski definition) is 1. The first kappa shape index (κ1) is 14.1. The molecule has 0 aliphatic heterocycles. The summed E-state index contributed by atoms with van der Waals surface area (Å²) in [5.41, 5.74) is 0.950. The first-order valence-corrected chi connectivity index (χ1v) is 7.07. The summed E-state index contributed by atoms with van der Waals surface area (Å²) < 4.78 is 19.7. The maximum atomic E-state index is 14.0. The second-order valence-corrected chi connectivity index (χ2v) is 4.98. The van der Waals surface area contributed by atoms with Crippen LogP contribution in [0.1, 0.15) is 44.7 Å². The lowest BCUT2D eigenvalue weighted by Gasteiger charge is -2.20. The topological polar surface area (TPSA) is 21.3 Å². The van der Waals surface area contributed by atoms with Crippen molar-refractivity contribution in [2.75, 3.05) is 6.54 Å². The number of allylic oxidation sites excluding steroid dienone is 1. The van der Waals surface area contributed by atoms with Crippen LogP contribution in [0.25, 0.3) is 0 Å². The van der Waals surface area contributed by atoms with E-state index in [1.165, 1.54) is 0 Å². The standard InChI is InChI=1S/C16H22FNO/c1-3-18-12(2)13-9-10-16(15(17)11-13)19-14-7-5-4-6-8-14/h5,7,9-12,14,18H,3-4,6,8H2,1-2H3. The van der Waals surface area contributed by atoms with E-state index < -0.39 is 0 Å². The van der Waals surface area contributed by atoms with Gasteiger partial charge in [0.25, 0.3) is 0 Å². The Kier molecular flexibility index (Phi) is 4.97. The van der Waals surface area contributed by atoms with E-state index in [4.69, 9.17) is 4.74 Å². The number of nitrogens with one attached hydrogen (secondary N) is 1. The minimum Gasteiger partial charge on any atom is -0.483 e. The van der Waals surface area contributed by atoms with Crippen molar-refractivity contribution < 1.29 is 9.13 Å². The lowest BCUT2D eigenvalue weighted by Crippen LogP contribution is -2.18. The Balaban J connectivity index is 2.06. The first-order chi connectivity index (χ1) is 9.20. The van der Waals surface area contributed by atoms with Crippen LogP contribution >= 0.6 is 0 Å². The monoisotopic (exact) mass is 263 g/mol. The lowest BCUT2D eigenvalue weighted by atomic mass is 10.0. The van der Waals surface area contributed by atoms with E-state index in [1.807, 2.05) is 26.0 Å². The predicted molar refractivity (Wildman–Crippen MR) is 75.9 cm³/mol. The molecular weight excluding hydrogens is 241 g/mol. The van der Waals surface area contributed by atoms with E-state index in [2.05, 4.69) is 11.4 Å². The van der Waals surface area contributed by atoms with E-state index >= 15 is 0 Å². The molecule has 0 heterocycles. The molecule has 3 heteroatoms. The summed E-state index contributed by atoms with van der Waals surface area (Å²) in [6, 6.07) is 5.39. The average molecular weight is 263 g/mol. The second-order valence-electron chi connectivity index (χ2n) is 4.98. The molecule has 0 radical (unpaired) electrons. The summed E-state index contributed by atoms with van der Waals surface area (Å²) >= 11 is 0. The van der Waals surface area contributed by atoms with Gasteiger partial charge in [0.1, 0.15) is 6.10 Å². The fourth-order valence-corrected chi connectivity index (χ4v) is 2.35. The van der Waals surface area contributed by atoms with Gasteiger partial charge >= 0.3 is 0 Å². The minimum absolute atomic E-state index is 0.0142. The number of ether oxygens (including phenoxy) is 1. The quantitative estimate of drug-likeness (QED) is 0.811. The third-order valence-corrected chi connectivity index (χ3v) is 3.45. The Labute approximate surface area is 114 Å². The van der Waals surface area contributed by atoms with Crippen LogP contribution in [0.4, 0.5) is 4.39 Å². The number of halogens is 1. The molecule has 0 bridgehead atoms. The number of benzene rings is 1. The largest absolute Gasteiger partial charge is 0.483 e. The third kappa shape index (κ3) is 3.80. The smallest absolute Gasteiger partial charge is 0.165 e. The van der Waals surface area contributed by atoms with Gasteiger partial charge in [-0.25, -0.2) is 4.39 Å². The molecule has 0 amide bonds. The average Bonchev–Trinajstić information content (AvgIpc) is 2.42. The van der Waals surface area contributed by atoms with Crippen molar-refractivity contribution in [1.29, 1.82) is 0 Å². The Bertz CT molecular complexity index is 444. The van der Waals surface area contributed by atoms with Gasteiger partial charge in [0.15, 0.2) is 11.6 Å². The van der Waals surface area contributed by atoms with E-state index in [1.54, 1.807) is 12.1 Å². The minimum atomic E-state index is -0.277. The Morgan fingerprint density at radius 1 is 1.47 bits per heavy atom. The molecule has 1 aliphatic carbocycles. The zero-order valence-electron chi connectivity index (χ0n) is 11.7. The van der Waals surface area contributed by atoms with Gasteiger partial charge in [-0.1, -0.05) is 19.1 Å². The van der Waals surface area contributed by atoms with Crippen LogP contribution < -0.4 is 10.1 Å². The van der Waals surface area contributed by atoms with Crippen LogP contribution in [0.2, 0.25) is 0 Å². The third-order valence-electron chi connectivity index (χ3n) is 3.45. The summed E-state index contributed by atoms with van der Waals surface area (Å²) in [6.07, 6.45) is 7.32. The molecule has 1 N–H and O–H groups in total. The van der Waals surface area contributed by atoms with Gasteiger partial charge in [0.05, 0.1) is 0 Å². The van der Waals surface area contributed by atoms with Gasteiger partial charge < -0.3 is 10.1 Å². The van der Waals surface area contributed by atoms with Gasteiger partial charge in [-0.05, 0) is 56.5 Å². The van der Waals surface area contributed by atoms with Crippen molar-refractivity contribution in [3.8, 4) is 5.75 Å². The number of rotatable bonds is 5. The van der Waals surface area contributed by atoms with Gasteiger partial charge in [-0.3, -0.25) is 0 Å². The van der Waals surface area contributed by atoms with E-state index in [-0.39, 0.29) is 18.0 Å². The molecule has 104 valence electrons. The molecule has 0 aromatic heterocycles. The highest BCUT2D eigenvalue weighted by Gasteiger charge is 2.14. The normalized spacial score (nSPS) is 20.3. The summed E-state index contributed by atoms with van der Waals surface area (Å²) in [5, 5.41) is 3.27. The van der Waals surface area contributed by atoms with Crippen molar-refractivity contribution in [1.82, 2.24) is 5.32 Å². The van der Waals surface area contributed by atoms with E-state index in [9.17, 15) is 4.39 Å². The maximum Gasteiger partial charge on any atom is 0.165 e. The Morgan fingerprint density at radius 3 is 2.95 bits per heavy atom. The van der Waals surface area contributed by atoms with Crippen molar-refractivity contribution in [3.05, 3.63) is 41.7 Å². The van der Waals surface area contributed by atoms with Crippen LogP contribution in [0.15, 0.2) is 30.4 Å². The Morgan fingerprint density at radius 2 is 2.32 bits per heavy atom. The Hall–Kier alpha value is -1.35. The zero-order valence-corrected chi connectivity index (χ0v) is 11.7. The molecule has 1 aromatic rings. The van der Waals surface area contributed by atoms with Gasteiger partial charge in [0, 0.05) is 6.04 Å². The summed E-state index contributed by atoms with van der Waals surface area (Å²) in [7, 11) is 0. The van der Waals surface area contributed by atoms with Crippen LogP contribution in [0.3, 0.4) is 0 Å². The van der Waals surface area contributed by atoms with Gasteiger partial charge in [-0.2, -0.15) is 0 Å². The van der Waals surface area contributed by atoms with E-state index in [0.29, 0.717) is 5.75 Å². The highest BCUT2D eigenvalue weighted by molar-refractivity contribution is 5.31. The lowest BCUT2D eigenvalue weighted by molar-refractivity contribution is 0.220. The van der Waals surface area contributed by atoms with Gasteiger partial charge in [-0.15, -0.1) is 0 Å². The molecule has 0 saturated heterocycles. The van der Waals surface area contributed by atoms with Crippen LogP contribution in [-0.4, -0.2) is 12.6 Å². The molecular formula is C16H22FNO. The van der Waals surface area contributed by atoms with Crippen molar-refractivity contribution in [2.45, 2.75) is 45.3 Å². The van der Waals surface area contributed by atoms with E-state index in [0.717, 1.165) is 31.4 Å². The molecule has 2 atom stereocenters. The summed E-state index contributed by atoms with van der Waals surface area (Å²) in [5.74, 6) is 0.0743. The molecule has 19 heavy (non-hydrogen) atoms. The van der Waals surface area contributed by atoms with Crippen LogP contribution in [0.5, 0.6) is 5.75 Å². The molecule has 2 nitrogen and oxygen atoms in total. The zero-order chi connectivity index (χ0) is 13.7. The maximum absolute atomic E-state index is 14.0. The highest BCUT2D eigenvalue weighted by atomic mass is 19.1. The highest BCUT2D eigenvalue weighted by Crippen LogP contribution is 2.25. The molecule has 2 rings (SSSR count). The van der Waals surface area contributed by atoms with Crippen molar-refractivity contribution in [3.63, 3.8) is 0 Å². The van der Waals surface area contributed by atoms with Crippen LogP contribution in [0, 0.1) is 5.82 Å². The van der Waals surface area contributed by atoms with Crippen molar-refractivity contribution in [2.24, 2.45) is 0 Å². The molecule has 0 spiro atoms. The van der Waals surface area contributed by atoms with Crippen LogP contribution in [-0.2, 0) is 0 Å². The molecule has 0 fully saturated rings. The SMILES string of the molecule is CCNC(C)c1ccc(OC2C=CCCC2)c(F)c1. The molecule has 1 aromatic carbocycles. The first-order valence-electron chi connectivity index (χ1n) is 7.07. The fraction of sp³-hybridized carbons (Fsp3) is 0.500.